The maximum atomic E-state index is 13.4. The summed E-state index contributed by atoms with van der Waals surface area (Å²) in [6.45, 7) is 4.33. The molecule has 102 valence electrons. The van der Waals surface area contributed by atoms with Gasteiger partial charge in [0.2, 0.25) is 0 Å². The lowest BCUT2D eigenvalue weighted by molar-refractivity contribution is 0.336. The van der Waals surface area contributed by atoms with E-state index in [1.807, 2.05) is 26.1 Å². The van der Waals surface area contributed by atoms with Gasteiger partial charge in [0.15, 0.2) is 0 Å². The van der Waals surface area contributed by atoms with Gasteiger partial charge in [-0.3, -0.25) is 0 Å². The summed E-state index contributed by atoms with van der Waals surface area (Å²) >= 11 is 0. The van der Waals surface area contributed by atoms with Crippen molar-refractivity contribution in [1.82, 2.24) is 4.90 Å². The lowest BCUT2D eigenvalue weighted by Crippen LogP contribution is -2.25. The summed E-state index contributed by atoms with van der Waals surface area (Å²) in [6, 6.07) is 8.70. The standard InChI is InChI=1S/C15H19FN2O/c1-12-13(7-10-19-12)11-18(2)9-8-17-15-6-4-3-5-14(15)16/h3-7,10,17H,8-9,11H2,1-2H3. The molecule has 0 radical (unpaired) electrons. The first-order valence-corrected chi connectivity index (χ1v) is 6.36. The molecule has 0 aliphatic heterocycles. The second-order valence-corrected chi connectivity index (χ2v) is 4.65. The minimum absolute atomic E-state index is 0.212. The smallest absolute Gasteiger partial charge is 0.146 e. The molecule has 2 aromatic rings. The van der Waals surface area contributed by atoms with Crippen LogP contribution in [0.25, 0.3) is 0 Å². The molecule has 0 spiro atoms. The highest BCUT2D eigenvalue weighted by atomic mass is 19.1. The quantitative estimate of drug-likeness (QED) is 0.866. The summed E-state index contributed by atoms with van der Waals surface area (Å²) in [5, 5.41) is 3.10. The number of hydrogen-bond acceptors (Lipinski definition) is 3. The molecule has 2 rings (SSSR count). The van der Waals surface area contributed by atoms with E-state index in [0.717, 1.165) is 18.8 Å². The van der Waals surface area contributed by atoms with Crippen LogP contribution in [-0.4, -0.2) is 25.0 Å². The van der Waals surface area contributed by atoms with Crippen molar-refractivity contribution in [2.75, 3.05) is 25.5 Å². The number of benzene rings is 1. The molecule has 0 unspecified atom stereocenters. The van der Waals surface area contributed by atoms with E-state index < -0.39 is 0 Å². The predicted octanol–water partition coefficient (Wildman–Crippen LogP) is 3.27. The van der Waals surface area contributed by atoms with Crippen LogP contribution in [0, 0.1) is 12.7 Å². The molecule has 0 aliphatic rings. The summed E-state index contributed by atoms with van der Waals surface area (Å²) < 4.78 is 18.6. The molecule has 19 heavy (non-hydrogen) atoms. The Morgan fingerprint density at radius 3 is 2.74 bits per heavy atom. The Kier molecular flexibility index (Phi) is 4.58. The average Bonchev–Trinajstić information content (AvgIpc) is 2.77. The summed E-state index contributed by atoms with van der Waals surface area (Å²) in [5.74, 6) is 0.741. The third kappa shape index (κ3) is 3.83. The number of aryl methyl sites for hydroxylation is 1. The van der Waals surface area contributed by atoms with Gasteiger partial charge in [-0.15, -0.1) is 0 Å². The predicted molar refractivity (Wildman–Crippen MR) is 74.7 cm³/mol. The molecule has 0 bridgehead atoms. The molecule has 0 saturated heterocycles. The fraction of sp³-hybridized carbons (Fsp3) is 0.333. The van der Waals surface area contributed by atoms with Crippen LogP contribution in [0.3, 0.4) is 0 Å². The van der Waals surface area contributed by atoms with Gasteiger partial charge in [-0.05, 0) is 32.2 Å². The first kappa shape index (κ1) is 13.6. The van der Waals surface area contributed by atoms with Gasteiger partial charge < -0.3 is 14.6 Å². The monoisotopic (exact) mass is 262 g/mol. The first-order valence-electron chi connectivity index (χ1n) is 6.36. The van der Waals surface area contributed by atoms with Crippen LogP contribution in [-0.2, 0) is 6.54 Å². The van der Waals surface area contributed by atoms with E-state index in [2.05, 4.69) is 10.2 Å². The highest BCUT2D eigenvalue weighted by Gasteiger charge is 2.05. The minimum Gasteiger partial charge on any atom is -0.469 e. The van der Waals surface area contributed by atoms with Crippen molar-refractivity contribution < 1.29 is 8.81 Å². The molecule has 4 heteroatoms. The summed E-state index contributed by atoms with van der Waals surface area (Å²) in [5.41, 5.74) is 1.74. The molecule has 0 aliphatic carbocycles. The molecular weight excluding hydrogens is 243 g/mol. The highest BCUT2D eigenvalue weighted by molar-refractivity contribution is 5.44. The van der Waals surface area contributed by atoms with E-state index in [4.69, 9.17) is 4.42 Å². The van der Waals surface area contributed by atoms with Gasteiger partial charge in [0.1, 0.15) is 11.6 Å². The molecule has 1 N–H and O–H groups in total. The summed E-state index contributed by atoms with van der Waals surface area (Å²) in [4.78, 5) is 2.17. The van der Waals surface area contributed by atoms with Crippen molar-refractivity contribution in [2.45, 2.75) is 13.5 Å². The minimum atomic E-state index is -0.212. The largest absolute Gasteiger partial charge is 0.469 e. The van der Waals surface area contributed by atoms with Crippen molar-refractivity contribution in [1.29, 1.82) is 0 Å². The summed E-state index contributed by atoms with van der Waals surface area (Å²) in [6.07, 6.45) is 1.70. The molecular formula is C15H19FN2O. The molecule has 1 aromatic carbocycles. The van der Waals surface area contributed by atoms with E-state index in [1.165, 1.54) is 11.6 Å². The number of nitrogens with one attached hydrogen (secondary N) is 1. The molecule has 1 aromatic heterocycles. The van der Waals surface area contributed by atoms with Crippen LogP contribution in [0.4, 0.5) is 10.1 Å². The second-order valence-electron chi connectivity index (χ2n) is 4.65. The lowest BCUT2D eigenvalue weighted by Gasteiger charge is -2.17. The fourth-order valence-electron chi connectivity index (χ4n) is 1.93. The Morgan fingerprint density at radius 1 is 1.26 bits per heavy atom. The van der Waals surface area contributed by atoms with E-state index >= 15 is 0 Å². The van der Waals surface area contributed by atoms with Crippen LogP contribution in [0.1, 0.15) is 11.3 Å². The normalized spacial score (nSPS) is 10.9. The fourth-order valence-corrected chi connectivity index (χ4v) is 1.93. The third-order valence-corrected chi connectivity index (χ3v) is 3.09. The number of furan rings is 1. The van der Waals surface area contributed by atoms with Crippen molar-refractivity contribution in [3.63, 3.8) is 0 Å². The van der Waals surface area contributed by atoms with Gasteiger partial charge in [-0.25, -0.2) is 4.39 Å². The van der Waals surface area contributed by atoms with Gasteiger partial charge in [0, 0.05) is 25.2 Å². The second kappa shape index (κ2) is 6.38. The number of anilines is 1. The Labute approximate surface area is 113 Å². The van der Waals surface area contributed by atoms with E-state index in [9.17, 15) is 4.39 Å². The Hall–Kier alpha value is -1.81. The first-order chi connectivity index (χ1) is 9.16. The van der Waals surface area contributed by atoms with Gasteiger partial charge in [-0.2, -0.15) is 0 Å². The van der Waals surface area contributed by atoms with E-state index in [1.54, 1.807) is 18.4 Å². The maximum Gasteiger partial charge on any atom is 0.146 e. The number of likely N-dealkylation sites (N-methyl/N-ethyl adjacent to an activating group) is 1. The van der Waals surface area contributed by atoms with Crippen molar-refractivity contribution in [3.05, 3.63) is 53.7 Å². The molecule has 1 heterocycles. The van der Waals surface area contributed by atoms with Crippen molar-refractivity contribution in [3.8, 4) is 0 Å². The zero-order valence-electron chi connectivity index (χ0n) is 11.3. The molecule has 3 nitrogen and oxygen atoms in total. The van der Waals surface area contributed by atoms with Crippen LogP contribution < -0.4 is 5.32 Å². The van der Waals surface area contributed by atoms with Gasteiger partial charge in [-0.1, -0.05) is 12.1 Å². The van der Waals surface area contributed by atoms with Crippen molar-refractivity contribution >= 4 is 5.69 Å². The Balaban J connectivity index is 1.77. The number of nitrogens with zero attached hydrogens (tertiary/aromatic N) is 1. The van der Waals surface area contributed by atoms with Crippen LogP contribution >= 0.6 is 0 Å². The van der Waals surface area contributed by atoms with Crippen LogP contribution in [0.5, 0.6) is 0 Å². The van der Waals surface area contributed by atoms with Gasteiger partial charge in [0.05, 0.1) is 12.0 Å². The van der Waals surface area contributed by atoms with Gasteiger partial charge in [0.25, 0.3) is 0 Å². The zero-order chi connectivity index (χ0) is 13.7. The third-order valence-electron chi connectivity index (χ3n) is 3.09. The lowest BCUT2D eigenvalue weighted by atomic mass is 10.2. The number of hydrogen-bond donors (Lipinski definition) is 1. The number of rotatable bonds is 6. The highest BCUT2D eigenvalue weighted by Crippen LogP contribution is 2.13. The zero-order valence-corrected chi connectivity index (χ0v) is 11.3. The summed E-state index contributed by atoms with van der Waals surface area (Å²) in [7, 11) is 2.04. The molecule has 0 fully saturated rings. The molecule has 0 amide bonds. The van der Waals surface area contributed by atoms with Crippen molar-refractivity contribution in [2.24, 2.45) is 0 Å². The molecule has 0 atom stereocenters. The van der Waals surface area contributed by atoms with E-state index in [0.29, 0.717) is 12.2 Å². The average molecular weight is 262 g/mol. The topological polar surface area (TPSA) is 28.4 Å². The SMILES string of the molecule is Cc1occc1CN(C)CCNc1ccccc1F. The van der Waals surface area contributed by atoms with Crippen LogP contribution in [0.2, 0.25) is 0 Å². The van der Waals surface area contributed by atoms with Crippen LogP contribution in [0.15, 0.2) is 41.0 Å². The Bertz CT molecular complexity index is 524. The maximum absolute atomic E-state index is 13.4. The van der Waals surface area contributed by atoms with Gasteiger partial charge >= 0.3 is 0 Å². The molecule has 0 saturated carbocycles. The van der Waals surface area contributed by atoms with E-state index in [-0.39, 0.29) is 5.82 Å². The number of para-hydroxylation sites is 1. The number of halogens is 1. The Morgan fingerprint density at radius 2 is 2.05 bits per heavy atom.